The van der Waals surface area contributed by atoms with E-state index in [4.69, 9.17) is 16.3 Å². The minimum atomic E-state index is -0.691. The minimum Gasteiger partial charge on any atom is -0.452 e. The van der Waals surface area contributed by atoms with Crippen LogP contribution in [0.4, 0.5) is 11.4 Å². The van der Waals surface area contributed by atoms with E-state index in [-0.39, 0.29) is 23.2 Å². The van der Waals surface area contributed by atoms with Crippen molar-refractivity contribution in [2.24, 2.45) is 0 Å². The molecular weight excluding hydrogens is 382 g/mol. The molecule has 1 N–H and O–H groups in total. The molecule has 3 aromatic rings. The molecule has 2 aromatic carbocycles. The number of anilines is 2. The third-order valence-electron chi connectivity index (χ3n) is 4.30. The molecule has 0 saturated carbocycles. The van der Waals surface area contributed by atoms with Gasteiger partial charge in [0.05, 0.1) is 22.5 Å². The van der Waals surface area contributed by atoms with Gasteiger partial charge in [0, 0.05) is 5.39 Å². The summed E-state index contributed by atoms with van der Waals surface area (Å²) >= 11 is 5.99. The van der Waals surface area contributed by atoms with Gasteiger partial charge in [0.25, 0.3) is 5.91 Å². The van der Waals surface area contributed by atoms with Crippen LogP contribution in [0.2, 0.25) is 5.15 Å². The van der Waals surface area contributed by atoms with Crippen molar-refractivity contribution >= 4 is 51.7 Å². The lowest BCUT2D eigenvalue weighted by Crippen LogP contribution is -2.44. The molecule has 0 atom stereocenters. The van der Waals surface area contributed by atoms with Gasteiger partial charge in [-0.2, -0.15) is 0 Å². The number of aromatic nitrogens is 1. The molecule has 1 aliphatic heterocycles. The predicted molar refractivity (Wildman–Crippen MR) is 104 cm³/mol. The number of nitrogens with one attached hydrogen (secondary N) is 1. The number of amides is 2. The first-order valence-electron chi connectivity index (χ1n) is 8.44. The Bertz CT molecular complexity index is 1120. The number of nitrogens with zero attached hydrogens (tertiary/aromatic N) is 2. The number of hydrogen-bond acceptors (Lipinski definition) is 5. The van der Waals surface area contributed by atoms with Gasteiger partial charge in [-0.05, 0) is 24.3 Å². The van der Waals surface area contributed by atoms with E-state index in [0.717, 1.165) is 0 Å². The smallest absolute Gasteiger partial charge is 0.339 e. The lowest BCUT2D eigenvalue weighted by atomic mass is 10.1. The van der Waals surface area contributed by atoms with Gasteiger partial charge in [0.1, 0.15) is 11.7 Å². The average Bonchev–Trinajstić information content (AvgIpc) is 2.70. The highest BCUT2D eigenvalue weighted by atomic mass is 35.5. The number of pyridine rings is 1. The van der Waals surface area contributed by atoms with E-state index in [9.17, 15) is 14.4 Å². The van der Waals surface area contributed by atoms with Crippen LogP contribution in [0.5, 0.6) is 0 Å². The highest BCUT2D eigenvalue weighted by Crippen LogP contribution is 2.29. The van der Waals surface area contributed by atoms with Gasteiger partial charge in [-0.25, -0.2) is 9.78 Å². The quantitative estimate of drug-likeness (QED) is 0.544. The van der Waals surface area contributed by atoms with Crippen molar-refractivity contribution < 1.29 is 19.1 Å². The van der Waals surface area contributed by atoms with Crippen molar-refractivity contribution in [2.45, 2.75) is 0 Å². The molecule has 0 saturated heterocycles. The van der Waals surface area contributed by atoms with Gasteiger partial charge in [-0.1, -0.05) is 41.9 Å². The Hall–Kier alpha value is -3.45. The summed E-state index contributed by atoms with van der Waals surface area (Å²) in [7, 11) is 0. The Morgan fingerprint density at radius 2 is 1.89 bits per heavy atom. The molecule has 140 valence electrons. The number of fused-ring (bicyclic) bond motifs is 2. The lowest BCUT2D eigenvalue weighted by molar-refractivity contribution is -0.124. The van der Waals surface area contributed by atoms with E-state index in [1.54, 1.807) is 48.5 Å². The van der Waals surface area contributed by atoms with Crippen LogP contribution in [-0.2, 0) is 14.3 Å². The minimum absolute atomic E-state index is 0.141. The number of carbonyl (C=O) groups excluding carboxylic acids is 3. The maximum Gasteiger partial charge on any atom is 0.339 e. The second-order valence-corrected chi connectivity index (χ2v) is 6.52. The molecule has 0 aliphatic carbocycles. The maximum absolute atomic E-state index is 12.6. The van der Waals surface area contributed by atoms with Crippen molar-refractivity contribution in [3.05, 3.63) is 65.3 Å². The number of ether oxygens (including phenoxy) is 1. The molecule has 4 rings (SSSR count). The third-order valence-corrected chi connectivity index (χ3v) is 4.50. The Labute approximate surface area is 164 Å². The molecule has 1 aromatic heterocycles. The van der Waals surface area contributed by atoms with Crippen LogP contribution in [0.25, 0.3) is 10.9 Å². The summed E-state index contributed by atoms with van der Waals surface area (Å²) in [4.78, 5) is 42.5. The van der Waals surface area contributed by atoms with Gasteiger partial charge in [0.15, 0.2) is 6.61 Å². The van der Waals surface area contributed by atoms with Crippen LogP contribution in [0, 0.1) is 0 Å². The number of rotatable bonds is 3. The Morgan fingerprint density at radius 3 is 2.75 bits per heavy atom. The molecule has 0 spiro atoms. The Kier molecular flexibility index (Phi) is 4.67. The van der Waals surface area contributed by atoms with Crippen molar-refractivity contribution in [1.29, 1.82) is 0 Å². The summed E-state index contributed by atoms with van der Waals surface area (Å²) in [6.07, 6.45) is 0. The van der Waals surface area contributed by atoms with Crippen LogP contribution >= 0.6 is 11.6 Å². The second-order valence-electron chi connectivity index (χ2n) is 6.13. The highest BCUT2D eigenvalue weighted by molar-refractivity contribution is 6.30. The van der Waals surface area contributed by atoms with Crippen molar-refractivity contribution in [3.8, 4) is 0 Å². The zero-order valence-electron chi connectivity index (χ0n) is 14.5. The topological polar surface area (TPSA) is 88.6 Å². The molecule has 0 bridgehead atoms. The lowest BCUT2D eigenvalue weighted by Gasteiger charge is -2.28. The van der Waals surface area contributed by atoms with Gasteiger partial charge < -0.3 is 10.1 Å². The standard InChI is InChI=1S/C20H14ClN3O4/c21-17-9-13(12-5-1-2-6-14(12)22-17)20(27)28-11-19(26)24-10-18(25)23-15-7-3-4-8-16(15)24/h1-9H,10-11H2,(H,23,25). The molecule has 7 nitrogen and oxygen atoms in total. The molecular formula is C20H14ClN3O4. The van der Waals surface area contributed by atoms with E-state index in [2.05, 4.69) is 10.3 Å². The fourth-order valence-corrected chi connectivity index (χ4v) is 3.25. The summed E-state index contributed by atoms with van der Waals surface area (Å²) in [5.41, 5.74) is 1.86. The zero-order chi connectivity index (χ0) is 19.7. The van der Waals surface area contributed by atoms with E-state index >= 15 is 0 Å². The molecule has 0 radical (unpaired) electrons. The fourth-order valence-electron chi connectivity index (χ4n) is 3.05. The van der Waals surface area contributed by atoms with Crippen LogP contribution in [0.1, 0.15) is 10.4 Å². The molecule has 2 heterocycles. The normalized spacial score (nSPS) is 13.0. The van der Waals surface area contributed by atoms with E-state index < -0.39 is 18.5 Å². The zero-order valence-corrected chi connectivity index (χ0v) is 15.3. The number of halogens is 1. The van der Waals surface area contributed by atoms with Gasteiger partial charge in [0.2, 0.25) is 5.91 Å². The summed E-state index contributed by atoms with van der Waals surface area (Å²) in [6, 6.07) is 15.3. The molecule has 1 aliphatic rings. The number of benzene rings is 2. The molecule has 0 unspecified atom stereocenters. The SMILES string of the molecule is O=C1CN(C(=O)COC(=O)c2cc(Cl)nc3ccccc23)c2ccccc2N1. The maximum atomic E-state index is 12.6. The van der Waals surface area contributed by atoms with E-state index in [1.807, 2.05) is 0 Å². The number of carbonyl (C=O) groups is 3. The fraction of sp³-hybridized carbons (Fsp3) is 0.100. The van der Waals surface area contributed by atoms with Crippen molar-refractivity contribution in [1.82, 2.24) is 4.98 Å². The largest absolute Gasteiger partial charge is 0.452 e. The van der Waals surface area contributed by atoms with Gasteiger partial charge in [-0.15, -0.1) is 0 Å². The highest BCUT2D eigenvalue weighted by Gasteiger charge is 2.27. The average molecular weight is 396 g/mol. The summed E-state index contributed by atoms with van der Waals surface area (Å²) in [5, 5.41) is 3.43. The van der Waals surface area contributed by atoms with Crippen LogP contribution < -0.4 is 10.2 Å². The molecule has 2 amide bonds. The molecule has 8 heteroatoms. The van der Waals surface area contributed by atoms with Gasteiger partial charge >= 0.3 is 5.97 Å². The number of para-hydroxylation sites is 3. The van der Waals surface area contributed by atoms with Crippen molar-refractivity contribution in [2.75, 3.05) is 23.4 Å². The molecule has 28 heavy (non-hydrogen) atoms. The van der Waals surface area contributed by atoms with Crippen LogP contribution in [0.15, 0.2) is 54.6 Å². The van der Waals surface area contributed by atoms with Crippen LogP contribution in [0.3, 0.4) is 0 Å². The Morgan fingerprint density at radius 1 is 1.14 bits per heavy atom. The first-order chi connectivity index (χ1) is 13.5. The number of esters is 1. The first kappa shape index (κ1) is 17.9. The molecule has 0 fully saturated rings. The first-order valence-corrected chi connectivity index (χ1v) is 8.82. The second kappa shape index (κ2) is 7.28. The van der Waals surface area contributed by atoms with Gasteiger partial charge in [-0.3, -0.25) is 14.5 Å². The monoisotopic (exact) mass is 395 g/mol. The Balaban J connectivity index is 1.53. The van der Waals surface area contributed by atoms with Crippen LogP contribution in [-0.4, -0.2) is 35.9 Å². The van der Waals surface area contributed by atoms with Crippen molar-refractivity contribution in [3.63, 3.8) is 0 Å². The number of hydrogen-bond donors (Lipinski definition) is 1. The van der Waals surface area contributed by atoms with E-state index in [0.29, 0.717) is 22.3 Å². The summed E-state index contributed by atoms with van der Waals surface area (Å²) in [5.74, 6) is -1.51. The van der Waals surface area contributed by atoms with E-state index in [1.165, 1.54) is 11.0 Å². The predicted octanol–water partition coefficient (Wildman–Crippen LogP) is 3.03. The summed E-state index contributed by atoms with van der Waals surface area (Å²) < 4.78 is 5.21. The summed E-state index contributed by atoms with van der Waals surface area (Å²) in [6.45, 7) is -0.647. The third kappa shape index (κ3) is 3.39.